The van der Waals surface area contributed by atoms with E-state index >= 15 is 0 Å². The molecule has 1 unspecified atom stereocenters. The van der Waals surface area contributed by atoms with E-state index in [2.05, 4.69) is 10.3 Å². The number of halogens is 5. The topological polar surface area (TPSA) is 79.3 Å². The number of benzene rings is 1. The molecule has 0 aliphatic heterocycles. The number of carbonyl (C=O) groups excluding carboxylic acids is 1. The Kier molecular flexibility index (Phi) is 9.03. The van der Waals surface area contributed by atoms with Crippen molar-refractivity contribution >= 4 is 40.9 Å². The molecule has 11 heteroatoms. The minimum Gasteiger partial charge on any atom is -0.475 e. The average Bonchev–Trinajstić information content (AvgIpc) is 2.61. The molecular weight excluding hydrogens is 412 g/mol. The molecule has 1 atom stereocenters. The molecule has 1 aromatic heterocycles. The predicted octanol–water partition coefficient (Wildman–Crippen LogP) is 4.48. The summed E-state index contributed by atoms with van der Waals surface area (Å²) in [7, 11) is 0. The maximum Gasteiger partial charge on any atom is 0.490 e. The number of alkyl halides is 5. The second-order valence-electron chi connectivity index (χ2n) is 4.75. The van der Waals surface area contributed by atoms with Gasteiger partial charge in [-0.15, -0.1) is 11.8 Å². The molecule has 0 saturated carbocycles. The van der Waals surface area contributed by atoms with Gasteiger partial charge < -0.3 is 10.4 Å². The van der Waals surface area contributed by atoms with Crippen molar-refractivity contribution in [2.45, 2.75) is 22.6 Å². The van der Waals surface area contributed by atoms with E-state index in [-0.39, 0.29) is 0 Å². The lowest BCUT2D eigenvalue weighted by Gasteiger charge is -2.07. The number of carboxylic acid groups (broad SMARTS) is 1. The standard InChI is InChI=1S/C14H12ClFN2OS.C2HF3O2/c15-13(16)14(19)18-11-5-3-4-10(8-11)9-20-12-6-1-2-7-17-12;3-2(4,5)1(6)7/h1-8,13H,9H2,(H,18,19);(H,6,7). The third kappa shape index (κ3) is 9.25. The first-order valence-electron chi connectivity index (χ1n) is 7.11. The van der Waals surface area contributed by atoms with E-state index in [1.54, 1.807) is 36.2 Å². The highest BCUT2D eigenvalue weighted by Crippen LogP contribution is 2.22. The Hall–Kier alpha value is -2.33. The fourth-order valence-corrected chi connectivity index (χ4v) is 2.38. The molecule has 1 aromatic carbocycles. The lowest BCUT2D eigenvalue weighted by atomic mass is 10.2. The summed E-state index contributed by atoms with van der Waals surface area (Å²) in [5.74, 6) is -2.91. The van der Waals surface area contributed by atoms with Crippen molar-refractivity contribution in [3.63, 3.8) is 0 Å². The molecule has 0 spiro atoms. The second-order valence-corrected chi connectivity index (χ2v) is 6.13. The lowest BCUT2D eigenvalue weighted by Crippen LogP contribution is -2.21. The van der Waals surface area contributed by atoms with Crippen LogP contribution < -0.4 is 5.32 Å². The van der Waals surface area contributed by atoms with Gasteiger partial charge in [-0.05, 0) is 29.8 Å². The molecule has 5 nitrogen and oxygen atoms in total. The van der Waals surface area contributed by atoms with Crippen LogP contribution in [0.5, 0.6) is 0 Å². The monoisotopic (exact) mass is 424 g/mol. The molecule has 0 saturated heterocycles. The van der Waals surface area contributed by atoms with Gasteiger partial charge in [-0.25, -0.2) is 14.2 Å². The molecule has 1 amide bonds. The number of hydrogen-bond donors (Lipinski definition) is 2. The van der Waals surface area contributed by atoms with E-state index in [4.69, 9.17) is 21.5 Å². The molecule has 27 heavy (non-hydrogen) atoms. The Labute approximate surface area is 160 Å². The number of amides is 1. The molecule has 0 aliphatic rings. The van der Waals surface area contributed by atoms with Crippen LogP contribution in [0.1, 0.15) is 5.56 Å². The molecule has 146 valence electrons. The summed E-state index contributed by atoms with van der Waals surface area (Å²) in [6.07, 6.45) is -3.35. The van der Waals surface area contributed by atoms with Crippen LogP contribution in [-0.4, -0.2) is 33.8 Å². The molecule has 2 rings (SSSR count). The molecular formula is C16H13ClF4N2O3S. The van der Waals surface area contributed by atoms with Crippen molar-refractivity contribution in [2.24, 2.45) is 0 Å². The van der Waals surface area contributed by atoms with E-state index < -0.39 is 23.7 Å². The number of carboxylic acids is 1. The molecule has 0 aliphatic carbocycles. The van der Waals surface area contributed by atoms with E-state index in [0.29, 0.717) is 11.4 Å². The van der Waals surface area contributed by atoms with Crippen molar-refractivity contribution < 1.29 is 32.3 Å². The molecule has 0 radical (unpaired) electrons. The fraction of sp³-hybridized carbons (Fsp3) is 0.188. The third-order valence-corrected chi connectivity index (χ3v) is 3.87. The van der Waals surface area contributed by atoms with Crippen molar-refractivity contribution in [3.05, 3.63) is 54.2 Å². The summed E-state index contributed by atoms with van der Waals surface area (Å²) in [5, 5.41) is 10.5. The normalized spacial score (nSPS) is 11.7. The number of nitrogens with one attached hydrogen (secondary N) is 1. The number of thioether (sulfide) groups is 1. The van der Waals surface area contributed by atoms with Crippen molar-refractivity contribution in [3.8, 4) is 0 Å². The summed E-state index contributed by atoms with van der Waals surface area (Å²) in [6.45, 7) is 0. The highest BCUT2D eigenvalue weighted by Gasteiger charge is 2.38. The maximum absolute atomic E-state index is 12.6. The summed E-state index contributed by atoms with van der Waals surface area (Å²) in [5.41, 5.74) is -0.512. The Morgan fingerprint density at radius 1 is 1.22 bits per heavy atom. The van der Waals surface area contributed by atoms with Crippen molar-refractivity contribution in [2.75, 3.05) is 5.32 Å². The number of nitrogens with zero attached hydrogens (tertiary/aromatic N) is 1. The second kappa shape index (κ2) is 10.7. The van der Waals surface area contributed by atoms with Gasteiger partial charge in [-0.2, -0.15) is 13.2 Å². The number of anilines is 1. The molecule has 2 aromatic rings. The van der Waals surface area contributed by atoms with Gasteiger partial charge in [0, 0.05) is 17.6 Å². The Bertz CT molecular complexity index is 761. The SMILES string of the molecule is O=C(Nc1cccc(CSc2ccccn2)c1)C(F)Cl.O=C(O)C(F)(F)F. The minimum absolute atomic E-state index is 0.525. The van der Waals surface area contributed by atoms with Crippen molar-refractivity contribution in [1.82, 2.24) is 4.98 Å². The Morgan fingerprint density at radius 3 is 2.41 bits per heavy atom. The van der Waals surface area contributed by atoms with E-state index in [0.717, 1.165) is 10.6 Å². The van der Waals surface area contributed by atoms with Gasteiger partial charge >= 0.3 is 12.1 Å². The summed E-state index contributed by atoms with van der Waals surface area (Å²) in [4.78, 5) is 24.3. The van der Waals surface area contributed by atoms with Gasteiger partial charge in [0.15, 0.2) is 0 Å². The summed E-state index contributed by atoms with van der Waals surface area (Å²) >= 11 is 6.65. The van der Waals surface area contributed by atoms with Crippen molar-refractivity contribution in [1.29, 1.82) is 0 Å². The highest BCUT2D eigenvalue weighted by atomic mass is 35.5. The third-order valence-electron chi connectivity index (χ3n) is 2.66. The van der Waals surface area contributed by atoms with Crippen LogP contribution in [-0.2, 0) is 15.3 Å². The zero-order valence-corrected chi connectivity index (χ0v) is 15.0. The maximum atomic E-state index is 12.6. The van der Waals surface area contributed by atoms with Gasteiger partial charge in [-0.3, -0.25) is 4.79 Å². The number of carbonyl (C=O) groups is 2. The minimum atomic E-state index is -5.08. The van der Waals surface area contributed by atoms with Crippen LogP contribution in [0.15, 0.2) is 53.7 Å². The van der Waals surface area contributed by atoms with E-state index in [9.17, 15) is 22.4 Å². The van der Waals surface area contributed by atoms with Crippen LogP contribution in [0.2, 0.25) is 0 Å². The highest BCUT2D eigenvalue weighted by molar-refractivity contribution is 7.98. The van der Waals surface area contributed by atoms with Crippen LogP contribution in [0, 0.1) is 0 Å². The van der Waals surface area contributed by atoms with Gasteiger partial charge in [-0.1, -0.05) is 29.8 Å². The van der Waals surface area contributed by atoms with Crippen LogP contribution in [0.25, 0.3) is 0 Å². The number of rotatable bonds is 5. The van der Waals surface area contributed by atoms with E-state index in [1.807, 2.05) is 24.3 Å². The zero-order chi connectivity index (χ0) is 20.4. The molecule has 0 fully saturated rings. The van der Waals surface area contributed by atoms with Gasteiger partial charge in [0.1, 0.15) is 0 Å². The van der Waals surface area contributed by atoms with E-state index in [1.165, 1.54) is 0 Å². The average molecular weight is 425 g/mol. The lowest BCUT2D eigenvalue weighted by molar-refractivity contribution is -0.192. The first-order valence-corrected chi connectivity index (χ1v) is 8.53. The van der Waals surface area contributed by atoms with Gasteiger partial charge in [0.05, 0.1) is 5.03 Å². The first kappa shape index (κ1) is 22.7. The van der Waals surface area contributed by atoms with Gasteiger partial charge in [0.2, 0.25) is 0 Å². The summed E-state index contributed by atoms with van der Waals surface area (Å²) in [6, 6.07) is 12.9. The van der Waals surface area contributed by atoms with Crippen LogP contribution >= 0.6 is 23.4 Å². The molecule has 0 bridgehead atoms. The van der Waals surface area contributed by atoms with Gasteiger partial charge in [0.25, 0.3) is 11.5 Å². The van der Waals surface area contributed by atoms with Crippen LogP contribution in [0.4, 0.5) is 23.2 Å². The predicted molar refractivity (Wildman–Crippen MR) is 93.3 cm³/mol. The number of aliphatic carboxylic acids is 1. The zero-order valence-electron chi connectivity index (χ0n) is 13.4. The number of aromatic nitrogens is 1. The van der Waals surface area contributed by atoms with Crippen LogP contribution in [0.3, 0.4) is 0 Å². The Morgan fingerprint density at radius 2 is 1.89 bits per heavy atom. The smallest absolute Gasteiger partial charge is 0.475 e. The number of pyridine rings is 1. The molecule has 1 heterocycles. The first-order chi connectivity index (χ1) is 12.6. The molecule has 2 N–H and O–H groups in total. The fourth-order valence-electron chi connectivity index (χ4n) is 1.53. The quantitative estimate of drug-likeness (QED) is 0.420. The Balaban J connectivity index is 0.000000445. The largest absolute Gasteiger partial charge is 0.490 e. The number of hydrogen-bond acceptors (Lipinski definition) is 4. The summed E-state index contributed by atoms with van der Waals surface area (Å²) < 4.78 is 44.3.